The van der Waals surface area contributed by atoms with E-state index < -0.39 is 0 Å². The van der Waals surface area contributed by atoms with Crippen LogP contribution in [0.2, 0.25) is 0 Å². The molecule has 0 aromatic heterocycles. The summed E-state index contributed by atoms with van der Waals surface area (Å²) in [6, 6.07) is 0.240. The standard InChI is InChI=1S/C20H35IN3O2/c1-5-17-9-7-6-8-10-18(23-16(4)25)15(3)24-13-21-12-19(24)20(26)22-14(2)11-17/h15,17-19H,5-13H2,1-4H3,(H,23,25)/q-1/t15?,17?,18-,19-/m0/s1. The van der Waals surface area contributed by atoms with Gasteiger partial charge < -0.3 is 0 Å². The number of nitrogens with one attached hydrogen (secondary N) is 1. The Morgan fingerprint density at radius 2 is 2.04 bits per heavy atom. The fourth-order valence-electron chi connectivity index (χ4n) is 4.10. The van der Waals surface area contributed by atoms with Gasteiger partial charge in [0.25, 0.3) is 0 Å². The van der Waals surface area contributed by atoms with Crippen LogP contribution in [0.1, 0.15) is 72.6 Å². The number of alkyl halides is 2. The van der Waals surface area contributed by atoms with Crippen LogP contribution in [0.5, 0.6) is 0 Å². The molecule has 0 aromatic carbocycles. The van der Waals surface area contributed by atoms with Crippen molar-refractivity contribution in [2.75, 3.05) is 8.98 Å². The molecule has 2 rings (SSSR count). The van der Waals surface area contributed by atoms with Crippen molar-refractivity contribution >= 4 is 17.5 Å². The first-order valence-corrected chi connectivity index (χ1v) is 13.1. The zero-order valence-corrected chi connectivity index (χ0v) is 18.9. The van der Waals surface area contributed by atoms with Gasteiger partial charge in [0.1, 0.15) is 0 Å². The molecule has 0 spiro atoms. The Hall–Kier alpha value is -0.500. The van der Waals surface area contributed by atoms with Gasteiger partial charge >= 0.3 is 169 Å². The van der Waals surface area contributed by atoms with Crippen molar-refractivity contribution in [1.29, 1.82) is 0 Å². The van der Waals surface area contributed by atoms with Crippen LogP contribution < -0.4 is 26.5 Å². The molecule has 4 atom stereocenters. The van der Waals surface area contributed by atoms with Gasteiger partial charge in [0.15, 0.2) is 0 Å². The maximum atomic E-state index is 12.8. The van der Waals surface area contributed by atoms with Gasteiger partial charge in [0.05, 0.1) is 0 Å². The second-order valence-electron chi connectivity index (χ2n) is 7.84. The number of carbonyl (C=O) groups excluding carboxylic acids is 2. The number of aliphatic imine (C=N–C) groups is 1. The third-order valence-corrected chi connectivity index (χ3v) is 8.47. The number of fused-ring (bicyclic) bond motifs is 1. The van der Waals surface area contributed by atoms with Crippen LogP contribution in [0.25, 0.3) is 0 Å². The Morgan fingerprint density at radius 3 is 2.73 bits per heavy atom. The molecular weight excluding hydrogens is 441 g/mol. The van der Waals surface area contributed by atoms with Gasteiger partial charge in [0.2, 0.25) is 0 Å². The summed E-state index contributed by atoms with van der Waals surface area (Å²) in [5.74, 6) is 0.700. The number of rotatable bonds is 2. The molecule has 0 radical (unpaired) electrons. The van der Waals surface area contributed by atoms with Crippen molar-refractivity contribution < 1.29 is 30.8 Å². The van der Waals surface area contributed by atoms with Gasteiger partial charge in [-0.1, -0.05) is 0 Å². The molecule has 0 aromatic rings. The van der Waals surface area contributed by atoms with E-state index in [0.29, 0.717) is 5.92 Å². The van der Waals surface area contributed by atoms with Crippen molar-refractivity contribution in [1.82, 2.24) is 10.2 Å². The van der Waals surface area contributed by atoms with Gasteiger partial charge in [-0.3, -0.25) is 0 Å². The predicted molar refractivity (Wildman–Crippen MR) is 102 cm³/mol. The topological polar surface area (TPSA) is 61.8 Å². The summed E-state index contributed by atoms with van der Waals surface area (Å²) >= 11 is 0.0235. The molecule has 0 saturated carbocycles. The van der Waals surface area contributed by atoms with E-state index in [1.807, 2.05) is 6.92 Å². The summed E-state index contributed by atoms with van der Waals surface area (Å²) in [6.45, 7) is 8.02. The third kappa shape index (κ3) is 6.29. The summed E-state index contributed by atoms with van der Waals surface area (Å²) < 4.78 is 2.02. The third-order valence-electron chi connectivity index (χ3n) is 5.75. The Balaban J connectivity index is 2.21. The molecule has 1 N–H and O–H groups in total. The van der Waals surface area contributed by atoms with Crippen molar-refractivity contribution in [2.45, 2.75) is 90.8 Å². The normalized spacial score (nSPS) is 32.8. The van der Waals surface area contributed by atoms with E-state index in [0.717, 1.165) is 40.4 Å². The fourth-order valence-corrected chi connectivity index (χ4v) is 7.50. The van der Waals surface area contributed by atoms with Crippen LogP contribution in [0.15, 0.2) is 4.99 Å². The molecule has 1 saturated heterocycles. The van der Waals surface area contributed by atoms with Gasteiger partial charge in [-0.15, -0.1) is 0 Å². The van der Waals surface area contributed by atoms with Crippen LogP contribution in [0, 0.1) is 5.92 Å². The monoisotopic (exact) mass is 476 g/mol. The zero-order valence-electron chi connectivity index (χ0n) is 16.8. The Bertz CT molecular complexity index is 523. The number of nitrogens with zero attached hydrogens (tertiary/aromatic N) is 2. The molecule has 0 aliphatic carbocycles. The van der Waals surface area contributed by atoms with Crippen LogP contribution in [-0.4, -0.2) is 49.5 Å². The Morgan fingerprint density at radius 1 is 1.31 bits per heavy atom. The van der Waals surface area contributed by atoms with Gasteiger partial charge in [-0.25, -0.2) is 0 Å². The molecule has 0 bridgehead atoms. The van der Waals surface area contributed by atoms with E-state index in [1.165, 1.54) is 19.3 Å². The van der Waals surface area contributed by atoms with E-state index in [2.05, 4.69) is 29.1 Å². The summed E-state index contributed by atoms with van der Waals surface area (Å²) in [5, 5.41) is 3.15. The van der Waals surface area contributed by atoms with Crippen LogP contribution >= 0.6 is 0 Å². The first-order valence-electron chi connectivity index (χ1n) is 10.1. The van der Waals surface area contributed by atoms with Crippen molar-refractivity contribution in [3.05, 3.63) is 0 Å². The van der Waals surface area contributed by atoms with Crippen LogP contribution in [0.4, 0.5) is 0 Å². The average molecular weight is 476 g/mol. The second kappa shape index (κ2) is 10.7. The molecule has 1 fully saturated rings. The zero-order chi connectivity index (χ0) is 19.1. The summed E-state index contributed by atoms with van der Waals surface area (Å²) in [7, 11) is 0. The second-order valence-corrected chi connectivity index (χ2v) is 10.5. The number of carbonyl (C=O) groups is 2. The van der Waals surface area contributed by atoms with Crippen LogP contribution in [0.3, 0.4) is 0 Å². The Kier molecular flexibility index (Phi) is 9.00. The summed E-state index contributed by atoms with van der Waals surface area (Å²) in [6.07, 6.45) is 7.88. The van der Waals surface area contributed by atoms with E-state index in [1.54, 1.807) is 6.92 Å². The fraction of sp³-hybridized carbons (Fsp3) is 0.850. The summed E-state index contributed by atoms with van der Waals surface area (Å²) in [5.41, 5.74) is 0.995. The molecule has 5 nitrogen and oxygen atoms in total. The van der Waals surface area contributed by atoms with E-state index in [4.69, 9.17) is 0 Å². The minimum atomic E-state index is -0.0768. The molecule has 2 heterocycles. The van der Waals surface area contributed by atoms with Gasteiger partial charge in [-0.2, -0.15) is 0 Å². The maximum absolute atomic E-state index is 12.8. The molecule has 2 unspecified atom stereocenters. The number of hydrogen-bond donors (Lipinski definition) is 1. The number of amides is 2. The first kappa shape index (κ1) is 21.8. The first-order chi connectivity index (χ1) is 12.4. The summed E-state index contributed by atoms with van der Waals surface area (Å²) in [4.78, 5) is 31.4. The van der Waals surface area contributed by atoms with Gasteiger partial charge in [-0.05, 0) is 0 Å². The SMILES string of the molecule is CCC1CCCCC[C@H](NC(C)=O)C(C)N2C[I-]C[C@H]2C(=O)N=C(C)C1. The Labute approximate surface area is 169 Å². The number of halogens is 1. The van der Waals surface area contributed by atoms with Crippen molar-refractivity contribution in [3.63, 3.8) is 0 Å². The molecule has 2 amide bonds. The van der Waals surface area contributed by atoms with Crippen molar-refractivity contribution in [3.8, 4) is 0 Å². The van der Waals surface area contributed by atoms with E-state index in [-0.39, 0.29) is 51.1 Å². The van der Waals surface area contributed by atoms with E-state index >= 15 is 0 Å². The van der Waals surface area contributed by atoms with Crippen molar-refractivity contribution in [2.24, 2.45) is 10.9 Å². The number of hydrogen-bond acceptors (Lipinski definition) is 3. The predicted octanol–water partition coefficient (Wildman–Crippen LogP) is -0.0218. The average Bonchev–Trinajstić information content (AvgIpc) is 3.07. The molecular formula is C20H35IN3O2-. The minimum absolute atomic E-state index is 0.0235. The van der Waals surface area contributed by atoms with Crippen LogP contribution in [-0.2, 0) is 9.59 Å². The molecule has 150 valence electrons. The van der Waals surface area contributed by atoms with Gasteiger partial charge in [0, 0.05) is 0 Å². The molecule has 26 heavy (non-hydrogen) atoms. The molecule has 2 aliphatic rings. The molecule has 6 heteroatoms. The van der Waals surface area contributed by atoms with E-state index in [9.17, 15) is 9.59 Å². The quantitative estimate of drug-likeness (QED) is 0.346. The molecule has 2 aliphatic heterocycles.